The molecule has 0 saturated carbocycles. The minimum atomic E-state index is -0.693. The Labute approximate surface area is 130 Å². The zero-order valence-electron chi connectivity index (χ0n) is 11.5. The van der Waals surface area contributed by atoms with Crippen molar-refractivity contribution in [2.75, 3.05) is 0 Å². The molecular formula is C15H12N4O2S. The third-order valence-corrected chi connectivity index (χ3v) is 3.91. The van der Waals surface area contributed by atoms with Crippen molar-refractivity contribution in [1.82, 2.24) is 20.2 Å². The van der Waals surface area contributed by atoms with Crippen LogP contribution in [0, 0.1) is 0 Å². The first-order valence-electron chi connectivity index (χ1n) is 6.63. The maximum absolute atomic E-state index is 11.9. The largest absolute Gasteiger partial charge is 0.290 e. The molecule has 0 amide bonds. The highest BCUT2D eigenvalue weighted by atomic mass is 32.1. The maximum Gasteiger partial charge on any atom is 0.268 e. The van der Waals surface area contributed by atoms with E-state index in [1.165, 1.54) is 17.7 Å². The summed E-state index contributed by atoms with van der Waals surface area (Å²) in [5, 5.41) is 8.56. The van der Waals surface area contributed by atoms with Crippen LogP contribution >= 0.6 is 11.3 Å². The summed E-state index contributed by atoms with van der Waals surface area (Å²) in [5.41, 5.74) is 2.05. The van der Waals surface area contributed by atoms with E-state index >= 15 is 0 Å². The Balaban J connectivity index is 1.64. The van der Waals surface area contributed by atoms with Crippen LogP contribution < -0.4 is 0 Å². The molecule has 0 spiro atoms. The smallest absolute Gasteiger partial charge is 0.268 e. The van der Waals surface area contributed by atoms with Gasteiger partial charge < -0.3 is 0 Å². The van der Waals surface area contributed by atoms with Crippen molar-refractivity contribution < 1.29 is 9.59 Å². The average molecular weight is 312 g/mol. The molecule has 0 aliphatic rings. The van der Waals surface area contributed by atoms with Crippen LogP contribution in [0.3, 0.4) is 0 Å². The summed E-state index contributed by atoms with van der Waals surface area (Å²) in [5.74, 6) is -1.35. The van der Waals surface area contributed by atoms with Crippen molar-refractivity contribution in [3.05, 3.63) is 64.1 Å². The summed E-state index contributed by atoms with van der Waals surface area (Å²) in [6, 6.07) is 9.96. The minimum Gasteiger partial charge on any atom is -0.290 e. The third kappa shape index (κ3) is 3.32. The zero-order valence-corrected chi connectivity index (χ0v) is 12.3. The summed E-state index contributed by atoms with van der Waals surface area (Å²) >= 11 is 1.38. The molecule has 0 fully saturated rings. The second kappa shape index (κ2) is 6.40. The summed E-state index contributed by atoms with van der Waals surface area (Å²) in [7, 11) is 0. The monoisotopic (exact) mass is 312 g/mol. The van der Waals surface area contributed by atoms with Gasteiger partial charge in [-0.25, -0.2) is 9.97 Å². The number of benzene rings is 1. The first-order chi connectivity index (χ1) is 10.7. The summed E-state index contributed by atoms with van der Waals surface area (Å²) in [6.45, 7) is 0. The van der Waals surface area contributed by atoms with E-state index in [0.29, 0.717) is 11.4 Å². The number of aromatic nitrogens is 4. The predicted octanol–water partition coefficient (Wildman–Crippen LogP) is 1.85. The van der Waals surface area contributed by atoms with Gasteiger partial charge in [0.1, 0.15) is 11.3 Å². The molecule has 0 radical (unpaired) electrons. The van der Waals surface area contributed by atoms with E-state index < -0.39 is 11.6 Å². The molecule has 0 bridgehead atoms. The lowest BCUT2D eigenvalue weighted by Gasteiger charge is -1.97. The first-order valence-corrected chi connectivity index (χ1v) is 7.51. The second-order valence-electron chi connectivity index (χ2n) is 4.65. The number of rotatable bonds is 6. The third-order valence-electron chi connectivity index (χ3n) is 3.01. The number of H-pyrrole nitrogens is 1. The van der Waals surface area contributed by atoms with Gasteiger partial charge in [-0.05, 0) is 5.56 Å². The summed E-state index contributed by atoms with van der Waals surface area (Å²) < 4.78 is 0. The van der Waals surface area contributed by atoms with Gasteiger partial charge in [-0.3, -0.25) is 14.7 Å². The summed E-state index contributed by atoms with van der Waals surface area (Å²) in [4.78, 5) is 31.8. The van der Waals surface area contributed by atoms with Crippen molar-refractivity contribution in [1.29, 1.82) is 0 Å². The van der Waals surface area contributed by atoms with Crippen molar-refractivity contribution in [3.8, 4) is 0 Å². The van der Waals surface area contributed by atoms with Gasteiger partial charge in [0.2, 0.25) is 11.6 Å². The Kier molecular flexibility index (Phi) is 4.15. The molecule has 6 nitrogen and oxygen atoms in total. The van der Waals surface area contributed by atoms with Crippen LogP contribution in [0.25, 0.3) is 0 Å². The van der Waals surface area contributed by atoms with E-state index in [2.05, 4.69) is 20.2 Å². The van der Waals surface area contributed by atoms with Gasteiger partial charge in [-0.1, -0.05) is 30.3 Å². The van der Waals surface area contributed by atoms with Gasteiger partial charge >= 0.3 is 0 Å². The molecule has 3 aromatic rings. The van der Waals surface area contributed by atoms with E-state index in [0.717, 1.165) is 11.3 Å². The van der Waals surface area contributed by atoms with Gasteiger partial charge in [0.05, 0.1) is 12.1 Å². The second-order valence-corrected chi connectivity index (χ2v) is 5.59. The quantitative estimate of drug-likeness (QED) is 0.554. The standard InChI is InChI=1S/C15H12N4O2S/c20-12(14(21)15-16-9-17-19-15)7-13-18-11(8-22-13)6-10-4-2-1-3-5-10/h1-5,8-9H,6-7H2,(H,16,17,19). The fourth-order valence-electron chi connectivity index (χ4n) is 1.98. The van der Waals surface area contributed by atoms with Gasteiger partial charge in [-0.2, -0.15) is 0 Å². The number of aromatic amines is 1. The number of carbonyl (C=O) groups excluding carboxylic acids is 2. The molecule has 2 aromatic heterocycles. The van der Waals surface area contributed by atoms with E-state index in [1.807, 2.05) is 35.7 Å². The van der Waals surface area contributed by atoms with Gasteiger partial charge in [0.25, 0.3) is 5.78 Å². The highest BCUT2D eigenvalue weighted by molar-refractivity contribution is 7.09. The molecule has 110 valence electrons. The van der Waals surface area contributed by atoms with Gasteiger partial charge in [0.15, 0.2) is 0 Å². The Bertz CT molecular complexity index is 781. The zero-order chi connectivity index (χ0) is 15.4. The normalized spacial score (nSPS) is 10.5. The Morgan fingerprint density at radius 3 is 2.73 bits per heavy atom. The Hall–Kier alpha value is -2.67. The molecule has 1 N–H and O–H groups in total. The highest BCUT2D eigenvalue weighted by Gasteiger charge is 2.21. The Morgan fingerprint density at radius 2 is 2.00 bits per heavy atom. The van der Waals surface area contributed by atoms with Crippen LogP contribution in [-0.4, -0.2) is 31.7 Å². The number of carbonyl (C=O) groups is 2. The van der Waals surface area contributed by atoms with Crippen LogP contribution in [0.2, 0.25) is 0 Å². The number of ketones is 2. The SMILES string of the molecule is O=C(Cc1nc(Cc2ccccc2)cs1)C(=O)c1nc[nH]n1. The molecule has 0 unspecified atom stereocenters. The van der Waals surface area contributed by atoms with Gasteiger partial charge in [-0.15, -0.1) is 16.4 Å². The molecule has 7 heteroatoms. The highest BCUT2D eigenvalue weighted by Crippen LogP contribution is 2.15. The van der Waals surface area contributed by atoms with E-state index in [1.54, 1.807) is 0 Å². The Morgan fingerprint density at radius 1 is 1.18 bits per heavy atom. The lowest BCUT2D eigenvalue weighted by molar-refractivity contribution is -0.114. The fraction of sp³-hybridized carbons (Fsp3) is 0.133. The molecule has 22 heavy (non-hydrogen) atoms. The van der Waals surface area contributed by atoms with Crippen molar-refractivity contribution in [3.63, 3.8) is 0 Å². The fourth-order valence-corrected chi connectivity index (χ4v) is 2.77. The average Bonchev–Trinajstić information content (AvgIpc) is 3.19. The van der Waals surface area contributed by atoms with Crippen LogP contribution in [0.4, 0.5) is 0 Å². The predicted molar refractivity (Wildman–Crippen MR) is 80.8 cm³/mol. The molecule has 3 rings (SSSR count). The molecular weight excluding hydrogens is 300 g/mol. The lowest BCUT2D eigenvalue weighted by Crippen LogP contribution is -2.18. The molecule has 1 aromatic carbocycles. The molecule has 0 saturated heterocycles. The minimum absolute atomic E-state index is 0.0210. The lowest BCUT2D eigenvalue weighted by atomic mass is 10.1. The number of nitrogens with one attached hydrogen (secondary N) is 1. The van der Waals surface area contributed by atoms with E-state index in [-0.39, 0.29) is 12.2 Å². The number of Topliss-reactive ketones (excluding diaryl/α,β-unsaturated/α-hetero) is 2. The van der Waals surface area contributed by atoms with Crippen molar-refractivity contribution in [2.45, 2.75) is 12.8 Å². The molecule has 0 atom stereocenters. The van der Waals surface area contributed by atoms with E-state index in [4.69, 9.17) is 0 Å². The topological polar surface area (TPSA) is 88.6 Å². The number of hydrogen-bond donors (Lipinski definition) is 1. The van der Waals surface area contributed by atoms with Gasteiger partial charge in [0, 0.05) is 11.8 Å². The van der Waals surface area contributed by atoms with Crippen molar-refractivity contribution >= 4 is 22.9 Å². The number of nitrogens with zero attached hydrogens (tertiary/aromatic N) is 3. The van der Waals surface area contributed by atoms with Crippen LogP contribution in [0.15, 0.2) is 42.0 Å². The number of hydrogen-bond acceptors (Lipinski definition) is 6. The summed E-state index contributed by atoms with van der Waals surface area (Å²) in [6.07, 6.45) is 1.95. The molecule has 0 aliphatic heterocycles. The first kappa shape index (κ1) is 14.3. The number of thiazole rings is 1. The van der Waals surface area contributed by atoms with Crippen LogP contribution in [0.5, 0.6) is 0 Å². The van der Waals surface area contributed by atoms with E-state index in [9.17, 15) is 9.59 Å². The molecule has 2 heterocycles. The maximum atomic E-state index is 11.9. The van der Waals surface area contributed by atoms with Crippen molar-refractivity contribution in [2.24, 2.45) is 0 Å². The van der Waals surface area contributed by atoms with Crippen LogP contribution in [0.1, 0.15) is 26.9 Å². The molecule has 0 aliphatic carbocycles. The van der Waals surface area contributed by atoms with Crippen LogP contribution in [-0.2, 0) is 17.6 Å².